The van der Waals surface area contributed by atoms with E-state index in [9.17, 15) is 9.59 Å². The van der Waals surface area contributed by atoms with E-state index in [0.717, 1.165) is 37.2 Å². The predicted octanol–water partition coefficient (Wildman–Crippen LogP) is 3.89. The number of methoxy groups -OCH3 is 1. The fourth-order valence-electron chi connectivity index (χ4n) is 3.31. The summed E-state index contributed by atoms with van der Waals surface area (Å²) in [5.74, 6) is 0.707. The number of anilines is 1. The van der Waals surface area contributed by atoms with Crippen LogP contribution in [-0.2, 0) is 11.2 Å². The Balaban J connectivity index is 1.61. The number of hydrogen-bond donors (Lipinski definition) is 1. The Hall–Kier alpha value is -2.82. The molecular weight excluding hydrogens is 340 g/mol. The Morgan fingerprint density at radius 1 is 1.00 bits per heavy atom. The van der Waals surface area contributed by atoms with Gasteiger partial charge in [-0.1, -0.05) is 24.3 Å². The van der Waals surface area contributed by atoms with E-state index >= 15 is 0 Å². The van der Waals surface area contributed by atoms with Crippen LogP contribution < -0.4 is 10.1 Å². The number of nitrogens with one attached hydrogen (secondary N) is 1. The van der Waals surface area contributed by atoms with Crippen LogP contribution in [0.2, 0.25) is 0 Å². The van der Waals surface area contributed by atoms with Crippen LogP contribution in [0.15, 0.2) is 48.5 Å². The Morgan fingerprint density at radius 2 is 1.70 bits per heavy atom. The zero-order valence-corrected chi connectivity index (χ0v) is 15.7. The summed E-state index contributed by atoms with van der Waals surface area (Å²) in [6.07, 6.45) is 4.26. The molecule has 5 heteroatoms. The van der Waals surface area contributed by atoms with Gasteiger partial charge in [-0.05, 0) is 55.5 Å². The molecule has 27 heavy (non-hydrogen) atoms. The van der Waals surface area contributed by atoms with Crippen LogP contribution in [0.4, 0.5) is 5.69 Å². The normalized spacial score (nSPS) is 13.9. The van der Waals surface area contributed by atoms with Gasteiger partial charge in [-0.15, -0.1) is 0 Å². The Morgan fingerprint density at radius 3 is 2.41 bits per heavy atom. The minimum Gasteiger partial charge on any atom is -0.497 e. The third-order valence-corrected chi connectivity index (χ3v) is 4.87. The highest BCUT2D eigenvalue weighted by Gasteiger charge is 2.21. The summed E-state index contributed by atoms with van der Waals surface area (Å²) in [7, 11) is 1.63. The van der Waals surface area contributed by atoms with E-state index in [1.807, 2.05) is 41.3 Å². The molecule has 1 fully saturated rings. The monoisotopic (exact) mass is 366 g/mol. The molecule has 0 saturated carbocycles. The highest BCUT2D eigenvalue weighted by Crippen LogP contribution is 2.20. The van der Waals surface area contributed by atoms with Crippen molar-refractivity contribution in [3.05, 3.63) is 59.7 Å². The van der Waals surface area contributed by atoms with Gasteiger partial charge in [-0.2, -0.15) is 0 Å². The lowest BCUT2D eigenvalue weighted by Crippen LogP contribution is -2.36. The number of carbonyl (C=O) groups excluding carboxylic acids is 2. The van der Waals surface area contributed by atoms with Crippen molar-refractivity contribution in [1.29, 1.82) is 0 Å². The van der Waals surface area contributed by atoms with Crippen LogP contribution in [0, 0.1) is 0 Å². The van der Waals surface area contributed by atoms with Crippen molar-refractivity contribution >= 4 is 17.5 Å². The van der Waals surface area contributed by atoms with E-state index in [1.54, 1.807) is 19.2 Å². The summed E-state index contributed by atoms with van der Waals surface area (Å²) >= 11 is 0. The minimum absolute atomic E-state index is 0.000699. The van der Waals surface area contributed by atoms with Gasteiger partial charge in [0.2, 0.25) is 5.91 Å². The number of hydrogen-bond acceptors (Lipinski definition) is 3. The summed E-state index contributed by atoms with van der Waals surface area (Å²) in [5, 5.41) is 2.91. The summed E-state index contributed by atoms with van der Waals surface area (Å²) in [6.45, 7) is 1.58. The molecule has 0 unspecified atom stereocenters. The number of likely N-dealkylation sites (tertiary alicyclic amines) is 1. The number of ether oxygens (including phenoxy) is 1. The first-order valence-electron chi connectivity index (χ1n) is 9.48. The SMILES string of the molecule is COc1ccc(CCC(=O)Nc2ccccc2C(=O)N2CCCCC2)cc1. The molecular formula is C22H26N2O3. The maximum Gasteiger partial charge on any atom is 0.255 e. The van der Waals surface area contributed by atoms with Crippen LogP contribution in [0.3, 0.4) is 0 Å². The summed E-state index contributed by atoms with van der Waals surface area (Å²) < 4.78 is 5.14. The van der Waals surface area contributed by atoms with Crippen LogP contribution in [0.1, 0.15) is 41.6 Å². The van der Waals surface area contributed by atoms with Gasteiger partial charge in [0, 0.05) is 19.5 Å². The van der Waals surface area contributed by atoms with Crippen molar-refractivity contribution < 1.29 is 14.3 Å². The first kappa shape index (κ1) is 19.0. The van der Waals surface area contributed by atoms with E-state index in [-0.39, 0.29) is 11.8 Å². The summed E-state index contributed by atoms with van der Waals surface area (Å²) in [5.41, 5.74) is 2.23. The molecule has 1 aliphatic heterocycles. The number of piperidine rings is 1. The van der Waals surface area contributed by atoms with Gasteiger partial charge in [-0.25, -0.2) is 0 Å². The van der Waals surface area contributed by atoms with Crippen molar-refractivity contribution in [1.82, 2.24) is 4.90 Å². The highest BCUT2D eigenvalue weighted by atomic mass is 16.5. The van der Waals surface area contributed by atoms with Crippen molar-refractivity contribution in [3.8, 4) is 5.75 Å². The fraction of sp³-hybridized carbons (Fsp3) is 0.364. The van der Waals surface area contributed by atoms with Crippen LogP contribution in [-0.4, -0.2) is 36.9 Å². The standard InChI is InChI=1S/C22H26N2O3/c1-27-18-12-9-17(10-13-18)11-14-21(25)23-20-8-4-3-7-19(20)22(26)24-15-5-2-6-16-24/h3-4,7-10,12-13H,2,5-6,11,14-16H2,1H3,(H,23,25). The van der Waals surface area contributed by atoms with E-state index < -0.39 is 0 Å². The molecule has 1 aliphatic rings. The smallest absolute Gasteiger partial charge is 0.255 e. The van der Waals surface area contributed by atoms with Crippen molar-refractivity contribution in [2.24, 2.45) is 0 Å². The minimum atomic E-state index is -0.0929. The van der Waals surface area contributed by atoms with E-state index in [4.69, 9.17) is 4.74 Å². The molecule has 2 aromatic carbocycles. The quantitative estimate of drug-likeness (QED) is 0.844. The zero-order chi connectivity index (χ0) is 19.1. The lowest BCUT2D eigenvalue weighted by Gasteiger charge is -2.27. The number of benzene rings is 2. The third kappa shape index (κ3) is 5.09. The van der Waals surface area contributed by atoms with Crippen molar-refractivity contribution in [2.45, 2.75) is 32.1 Å². The molecule has 2 amide bonds. The molecule has 2 aromatic rings. The van der Waals surface area contributed by atoms with Gasteiger partial charge in [0.25, 0.3) is 5.91 Å². The topological polar surface area (TPSA) is 58.6 Å². The fourth-order valence-corrected chi connectivity index (χ4v) is 3.31. The first-order valence-corrected chi connectivity index (χ1v) is 9.48. The Bertz CT molecular complexity index is 780. The maximum atomic E-state index is 12.8. The van der Waals surface area contributed by atoms with Crippen LogP contribution in [0.5, 0.6) is 5.75 Å². The largest absolute Gasteiger partial charge is 0.497 e. The molecule has 5 nitrogen and oxygen atoms in total. The molecule has 142 valence electrons. The number of nitrogens with zero attached hydrogens (tertiary/aromatic N) is 1. The second-order valence-electron chi connectivity index (χ2n) is 6.79. The number of para-hydroxylation sites is 1. The Labute approximate surface area is 160 Å². The lowest BCUT2D eigenvalue weighted by molar-refractivity contribution is -0.116. The van der Waals surface area contributed by atoms with E-state index in [1.165, 1.54) is 6.42 Å². The predicted molar refractivity (Wildman–Crippen MR) is 106 cm³/mol. The number of amides is 2. The molecule has 0 spiro atoms. The molecule has 1 saturated heterocycles. The number of aryl methyl sites for hydroxylation is 1. The number of rotatable bonds is 6. The molecule has 0 radical (unpaired) electrons. The second kappa shape index (κ2) is 9.21. The molecule has 0 atom stereocenters. The first-order chi connectivity index (χ1) is 13.2. The van der Waals surface area contributed by atoms with Crippen molar-refractivity contribution in [2.75, 3.05) is 25.5 Å². The van der Waals surface area contributed by atoms with Gasteiger partial charge in [-0.3, -0.25) is 9.59 Å². The van der Waals surface area contributed by atoms with Gasteiger partial charge < -0.3 is 15.0 Å². The maximum absolute atomic E-state index is 12.8. The molecule has 3 rings (SSSR count). The molecule has 0 aliphatic carbocycles. The third-order valence-electron chi connectivity index (χ3n) is 4.87. The molecule has 0 aromatic heterocycles. The average Bonchev–Trinajstić information content (AvgIpc) is 2.73. The van der Waals surface area contributed by atoms with E-state index in [2.05, 4.69) is 5.32 Å². The summed E-state index contributed by atoms with van der Waals surface area (Å²) in [4.78, 5) is 27.1. The van der Waals surface area contributed by atoms with Crippen LogP contribution >= 0.6 is 0 Å². The van der Waals surface area contributed by atoms with Crippen LogP contribution in [0.25, 0.3) is 0 Å². The zero-order valence-electron chi connectivity index (χ0n) is 15.7. The molecule has 1 N–H and O–H groups in total. The average molecular weight is 366 g/mol. The number of carbonyl (C=O) groups is 2. The van der Waals surface area contributed by atoms with E-state index in [0.29, 0.717) is 24.1 Å². The summed E-state index contributed by atoms with van der Waals surface area (Å²) in [6, 6.07) is 15.0. The second-order valence-corrected chi connectivity index (χ2v) is 6.79. The van der Waals surface area contributed by atoms with Crippen molar-refractivity contribution in [3.63, 3.8) is 0 Å². The molecule has 1 heterocycles. The molecule has 0 bridgehead atoms. The van der Waals surface area contributed by atoms with Gasteiger partial charge in [0.1, 0.15) is 5.75 Å². The lowest BCUT2D eigenvalue weighted by atomic mass is 10.1. The van der Waals surface area contributed by atoms with Gasteiger partial charge in [0.15, 0.2) is 0 Å². The van der Waals surface area contributed by atoms with Gasteiger partial charge in [0.05, 0.1) is 18.4 Å². The highest BCUT2D eigenvalue weighted by molar-refractivity contribution is 6.03. The van der Waals surface area contributed by atoms with Gasteiger partial charge >= 0.3 is 0 Å². The Kier molecular flexibility index (Phi) is 6.47.